The van der Waals surface area contributed by atoms with Gasteiger partial charge in [-0.1, -0.05) is 42.0 Å². The van der Waals surface area contributed by atoms with Crippen molar-refractivity contribution in [2.24, 2.45) is 0 Å². The lowest BCUT2D eigenvalue weighted by atomic mass is 10.0. The molecule has 0 saturated heterocycles. The molecule has 0 saturated carbocycles. The SMILES string of the molecule is Cc1ccc([C@H](NCc2cc(=O)n3c(C)cccc3n2)c2cccs2)cc1. The van der Waals surface area contributed by atoms with E-state index in [1.165, 1.54) is 16.0 Å². The molecule has 0 aliphatic rings. The Hall–Kier alpha value is -2.76. The predicted molar refractivity (Wildman–Crippen MR) is 110 cm³/mol. The number of thiophene rings is 1. The van der Waals surface area contributed by atoms with E-state index in [1.807, 2.05) is 25.1 Å². The number of benzene rings is 1. The Labute approximate surface area is 162 Å². The van der Waals surface area contributed by atoms with E-state index >= 15 is 0 Å². The fraction of sp³-hybridized carbons (Fsp3) is 0.182. The fourth-order valence-corrected chi connectivity index (χ4v) is 4.08. The van der Waals surface area contributed by atoms with E-state index in [4.69, 9.17) is 0 Å². The molecule has 27 heavy (non-hydrogen) atoms. The van der Waals surface area contributed by atoms with Crippen molar-refractivity contribution >= 4 is 17.0 Å². The van der Waals surface area contributed by atoms with E-state index in [2.05, 4.69) is 59.0 Å². The van der Waals surface area contributed by atoms with Gasteiger partial charge in [-0.2, -0.15) is 0 Å². The molecule has 1 N–H and O–H groups in total. The monoisotopic (exact) mass is 375 g/mol. The number of nitrogens with zero attached hydrogens (tertiary/aromatic N) is 2. The molecule has 0 spiro atoms. The Morgan fingerprint density at radius 3 is 2.63 bits per heavy atom. The first kappa shape index (κ1) is 17.6. The molecule has 136 valence electrons. The topological polar surface area (TPSA) is 46.4 Å². The lowest BCUT2D eigenvalue weighted by Crippen LogP contribution is -2.24. The first-order chi connectivity index (χ1) is 13.1. The summed E-state index contributed by atoms with van der Waals surface area (Å²) in [7, 11) is 0. The van der Waals surface area contributed by atoms with Gasteiger partial charge in [0, 0.05) is 23.2 Å². The Bertz CT molecular complexity index is 1110. The number of pyridine rings is 1. The molecule has 4 rings (SSSR count). The molecule has 1 atom stereocenters. The van der Waals surface area contributed by atoms with Gasteiger partial charge >= 0.3 is 0 Å². The number of aromatic nitrogens is 2. The Morgan fingerprint density at radius 2 is 1.89 bits per heavy atom. The van der Waals surface area contributed by atoms with Crippen LogP contribution in [-0.2, 0) is 6.54 Å². The highest BCUT2D eigenvalue weighted by molar-refractivity contribution is 7.10. The quantitative estimate of drug-likeness (QED) is 0.567. The summed E-state index contributed by atoms with van der Waals surface area (Å²) < 4.78 is 1.64. The maximum absolute atomic E-state index is 12.5. The number of hydrogen-bond acceptors (Lipinski definition) is 4. The van der Waals surface area contributed by atoms with E-state index in [0.717, 1.165) is 11.4 Å². The fourth-order valence-electron chi connectivity index (χ4n) is 3.26. The summed E-state index contributed by atoms with van der Waals surface area (Å²) in [6.07, 6.45) is 0. The van der Waals surface area contributed by atoms with Crippen LogP contribution >= 0.6 is 11.3 Å². The van der Waals surface area contributed by atoms with Gasteiger partial charge in [0.2, 0.25) is 0 Å². The van der Waals surface area contributed by atoms with Crippen LogP contribution in [0.1, 0.15) is 33.4 Å². The van der Waals surface area contributed by atoms with Crippen molar-refractivity contribution in [2.45, 2.75) is 26.4 Å². The second-order valence-corrected chi connectivity index (χ2v) is 7.67. The van der Waals surface area contributed by atoms with E-state index in [9.17, 15) is 4.79 Å². The van der Waals surface area contributed by atoms with Crippen LogP contribution in [0.3, 0.4) is 0 Å². The third kappa shape index (κ3) is 3.70. The summed E-state index contributed by atoms with van der Waals surface area (Å²) >= 11 is 1.72. The molecule has 0 amide bonds. The maximum Gasteiger partial charge on any atom is 0.258 e. The minimum absolute atomic E-state index is 0.0436. The first-order valence-electron chi connectivity index (χ1n) is 8.93. The number of hydrogen-bond donors (Lipinski definition) is 1. The van der Waals surface area contributed by atoms with Crippen molar-refractivity contribution in [3.63, 3.8) is 0 Å². The summed E-state index contributed by atoms with van der Waals surface area (Å²) in [5.41, 5.74) is 4.72. The Balaban J connectivity index is 1.64. The van der Waals surface area contributed by atoms with Gasteiger partial charge in [-0.15, -0.1) is 11.3 Å². The van der Waals surface area contributed by atoms with Crippen molar-refractivity contribution in [1.29, 1.82) is 0 Å². The number of rotatable bonds is 5. The third-order valence-electron chi connectivity index (χ3n) is 4.66. The van der Waals surface area contributed by atoms with Gasteiger partial charge in [-0.05, 0) is 43.0 Å². The molecule has 0 fully saturated rings. The maximum atomic E-state index is 12.5. The molecule has 0 radical (unpaired) electrons. The van der Waals surface area contributed by atoms with Gasteiger partial charge in [0.15, 0.2) is 0 Å². The van der Waals surface area contributed by atoms with Gasteiger partial charge in [0.1, 0.15) is 5.65 Å². The molecule has 4 aromatic rings. The lowest BCUT2D eigenvalue weighted by molar-refractivity contribution is 0.603. The van der Waals surface area contributed by atoms with Gasteiger partial charge in [-0.3, -0.25) is 14.5 Å². The molecule has 0 bridgehead atoms. The van der Waals surface area contributed by atoms with Crippen LogP contribution in [0.25, 0.3) is 5.65 Å². The molecule has 1 aromatic carbocycles. The van der Waals surface area contributed by atoms with Crippen molar-refractivity contribution in [3.8, 4) is 0 Å². The zero-order valence-corrected chi connectivity index (χ0v) is 16.2. The highest BCUT2D eigenvalue weighted by atomic mass is 32.1. The van der Waals surface area contributed by atoms with E-state index in [0.29, 0.717) is 12.2 Å². The van der Waals surface area contributed by atoms with Crippen LogP contribution in [0.2, 0.25) is 0 Å². The van der Waals surface area contributed by atoms with E-state index in [-0.39, 0.29) is 11.6 Å². The van der Waals surface area contributed by atoms with Crippen molar-refractivity contribution < 1.29 is 0 Å². The van der Waals surface area contributed by atoms with Gasteiger partial charge in [-0.25, -0.2) is 4.98 Å². The highest BCUT2D eigenvalue weighted by Gasteiger charge is 2.15. The van der Waals surface area contributed by atoms with Crippen LogP contribution in [0.4, 0.5) is 0 Å². The largest absolute Gasteiger partial charge is 0.300 e. The van der Waals surface area contributed by atoms with Crippen molar-refractivity contribution in [2.75, 3.05) is 0 Å². The summed E-state index contributed by atoms with van der Waals surface area (Å²) in [6.45, 7) is 4.53. The minimum atomic E-state index is -0.0436. The Morgan fingerprint density at radius 1 is 1.07 bits per heavy atom. The minimum Gasteiger partial charge on any atom is -0.300 e. The van der Waals surface area contributed by atoms with Crippen molar-refractivity contribution in [1.82, 2.24) is 14.7 Å². The second-order valence-electron chi connectivity index (χ2n) is 6.69. The molecular weight excluding hydrogens is 354 g/mol. The Kier molecular flexibility index (Phi) is 4.88. The molecule has 5 heteroatoms. The molecule has 4 nitrogen and oxygen atoms in total. The normalized spacial score (nSPS) is 12.4. The van der Waals surface area contributed by atoms with E-state index in [1.54, 1.807) is 21.8 Å². The van der Waals surface area contributed by atoms with Crippen LogP contribution in [0, 0.1) is 13.8 Å². The van der Waals surface area contributed by atoms with Gasteiger partial charge in [0.05, 0.1) is 11.7 Å². The smallest absolute Gasteiger partial charge is 0.258 e. The van der Waals surface area contributed by atoms with Crippen molar-refractivity contribution in [3.05, 3.63) is 104 Å². The average Bonchev–Trinajstić information content (AvgIpc) is 3.17. The molecule has 3 aromatic heterocycles. The average molecular weight is 375 g/mol. The van der Waals surface area contributed by atoms with Crippen LogP contribution in [0.15, 0.2) is 70.8 Å². The zero-order valence-electron chi connectivity index (χ0n) is 15.3. The number of nitrogens with one attached hydrogen (secondary N) is 1. The summed E-state index contributed by atoms with van der Waals surface area (Å²) in [6, 6.07) is 20.2. The first-order valence-corrected chi connectivity index (χ1v) is 9.81. The van der Waals surface area contributed by atoms with Crippen LogP contribution in [-0.4, -0.2) is 9.38 Å². The highest BCUT2D eigenvalue weighted by Crippen LogP contribution is 2.26. The van der Waals surface area contributed by atoms with Gasteiger partial charge in [0.25, 0.3) is 5.56 Å². The number of fused-ring (bicyclic) bond motifs is 1. The van der Waals surface area contributed by atoms with E-state index < -0.39 is 0 Å². The summed E-state index contributed by atoms with van der Waals surface area (Å²) in [5.74, 6) is 0. The second kappa shape index (κ2) is 7.47. The molecule has 0 aliphatic carbocycles. The molecule has 0 aliphatic heterocycles. The predicted octanol–water partition coefficient (Wildman–Crippen LogP) is 4.25. The standard InChI is InChI=1S/C22H21N3OS/c1-15-8-10-17(11-9-15)22(19-6-4-12-27-19)23-14-18-13-21(26)25-16(2)5-3-7-20(25)24-18/h3-13,22-23H,14H2,1-2H3/t22-/m0/s1. The van der Waals surface area contributed by atoms with Crippen LogP contribution < -0.4 is 10.9 Å². The molecule has 3 heterocycles. The van der Waals surface area contributed by atoms with Gasteiger partial charge < -0.3 is 0 Å². The summed E-state index contributed by atoms with van der Waals surface area (Å²) in [4.78, 5) is 18.4. The molecule has 0 unspecified atom stereocenters. The summed E-state index contributed by atoms with van der Waals surface area (Å²) in [5, 5.41) is 5.67. The zero-order chi connectivity index (χ0) is 18.8. The lowest BCUT2D eigenvalue weighted by Gasteiger charge is -2.18. The van der Waals surface area contributed by atoms with Crippen LogP contribution in [0.5, 0.6) is 0 Å². The molecular formula is C22H21N3OS. The number of aryl methyl sites for hydroxylation is 2. The third-order valence-corrected chi connectivity index (χ3v) is 5.60.